The predicted octanol–water partition coefficient (Wildman–Crippen LogP) is -0.297. The van der Waals surface area contributed by atoms with Crippen LogP contribution in [0.1, 0.15) is 6.92 Å². The summed E-state index contributed by atoms with van der Waals surface area (Å²) < 4.78 is 5.09. The van der Waals surface area contributed by atoms with E-state index in [9.17, 15) is 4.79 Å². The van der Waals surface area contributed by atoms with E-state index in [1.807, 2.05) is 0 Å². The molecule has 2 aliphatic heterocycles. The van der Waals surface area contributed by atoms with E-state index < -0.39 is 0 Å². The summed E-state index contributed by atoms with van der Waals surface area (Å²) in [4.78, 5) is 10.8. The number of carbonyl (C=O) groups is 1. The molecular formula is C7H12N2O2. The van der Waals surface area contributed by atoms with Crippen molar-refractivity contribution in [2.75, 3.05) is 13.1 Å². The van der Waals surface area contributed by atoms with Crippen LogP contribution in [0.2, 0.25) is 0 Å². The molecule has 2 N–H and O–H groups in total. The van der Waals surface area contributed by atoms with Gasteiger partial charge < -0.3 is 15.4 Å². The van der Waals surface area contributed by atoms with Crippen molar-refractivity contribution in [2.45, 2.75) is 19.1 Å². The van der Waals surface area contributed by atoms with Crippen LogP contribution in [-0.4, -0.2) is 31.3 Å². The number of alkyl carbamates (subject to hydrolysis) is 1. The fraction of sp³-hybridized carbons (Fsp3) is 0.857. The van der Waals surface area contributed by atoms with E-state index in [1.165, 1.54) is 0 Å². The number of hydrogen-bond donors (Lipinski definition) is 2. The van der Waals surface area contributed by atoms with Crippen LogP contribution in [0.5, 0.6) is 0 Å². The van der Waals surface area contributed by atoms with Gasteiger partial charge in [-0.25, -0.2) is 4.79 Å². The Hall–Kier alpha value is -0.770. The molecule has 11 heavy (non-hydrogen) atoms. The molecule has 0 saturated carbocycles. The first-order chi connectivity index (χ1) is 5.27. The Morgan fingerprint density at radius 2 is 2.36 bits per heavy atom. The van der Waals surface area contributed by atoms with Crippen molar-refractivity contribution in [2.24, 2.45) is 5.92 Å². The van der Waals surface area contributed by atoms with Crippen molar-refractivity contribution in [1.29, 1.82) is 0 Å². The van der Waals surface area contributed by atoms with Crippen LogP contribution in [-0.2, 0) is 4.74 Å². The number of piperidine rings is 1. The second-order valence-corrected chi connectivity index (χ2v) is 3.26. The fourth-order valence-electron chi connectivity index (χ4n) is 1.74. The largest absolute Gasteiger partial charge is 0.444 e. The van der Waals surface area contributed by atoms with Gasteiger partial charge in [-0.3, -0.25) is 0 Å². The molecule has 1 amide bonds. The standard InChI is InChI=1S/C7H12N2O2/c1-4-2-8-3-5-6(4)11-7(10)9-5/h4-6,8H,2-3H2,1H3,(H,9,10). The zero-order chi connectivity index (χ0) is 7.84. The van der Waals surface area contributed by atoms with E-state index in [-0.39, 0.29) is 18.2 Å². The number of amides is 1. The van der Waals surface area contributed by atoms with Gasteiger partial charge >= 0.3 is 6.09 Å². The van der Waals surface area contributed by atoms with Crippen LogP contribution in [0.15, 0.2) is 0 Å². The Kier molecular flexibility index (Phi) is 1.49. The number of rotatable bonds is 0. The summed E-state index contributed by atoms with van der Waals surface area (Å²) in [5.41, 5.74) is 0. The summed E-state index contributed by atoms with van der Waals surface area (Å²) in [6.45, 7) is 3.86. The van der Waals surface area contributed by atoms with Gasteiger partial charge in [0.1, 0.15) is 6.10 Å². The zero-order valence-corrected chi connectivity index (χ0v) is 6.46. The average molecular weight is 156 g/mol. The van der Waals surface area contributed by atoms with Crippen molar-refractivity contribution < 1.29 is 9.53 Å². The monoisotopic (exact) mass is 156 g/mol. The molecule has 0 aromatic heterocycles. The SMILES string of the molecule is CC1CNCC2NC(=O)OC12. The minimum atomic E-state index is -0.268. The normalized spacial score (nSPS) is 42.6. The van der Waals surface area contributed by atoms with E-state index in [2.05, 4.69) is 17.6 Å². The van der Waals surface area contributed by atoms with Crippen molar-refractivity contribution in [3.63, 3.8) is 0 Å². The predicted molar refractivity (Wildman–Crippen MR) is 39.2 cm³/mol. The molecule has 0 aliphatic carbocycles. The van der Waals surface area contributed by atoms with Gasteiger partial charge in [0.2, 0.25) is 0 Å². The van der Waals surface area contributed by atoms with Gasteiger partial charge in [-0.15, -0.1) is 0 Å². The molecule has 0 radical (unpaired) electrons. The third kappa shape index (κ3) is 1.07. The van der Waals surface area contributed by atoms with Crippen LogP contribution < -0.4 is 10.6 Å². The Bertz CT molecular complexity index is 183. The van der Waals surface area contributed by atoms with Gasteiger partial charge in [-0.2, -0.15) is 0 Å². The quantitative estimate of drug-likeness (QED) is 0.506. The maximum atomic E-state index is 10.8. The number of nitrogens with one attached hydrogen (secondary N) is 2. The minimum Gasteiger partial charge on any atom is -0.444 e. The highest BCUT2D eigenvalue weighted by molar-refractivity contribution is 5.70. The summed E-state index contributed by atoms with van der Waals surface area (Å²) in [5, 5.41) is 5.99. The summed E-state index contributed by atoms with van der Waals surface area (Å²) in [6, 6.07) is 0.186. The van der Waals surface area contributed by atoms with Crippen molar-refractivity contribution in [3.8, 4) is 0 Å². The van der Waals surface area contributed by atoms with Gasteiger partial charge in [-0.05, 0) is 0 Å². The molecule has 2 saturated heterocycles. The molecule has 0 aromatic carbocycles. The van der Waals surface area contributed by atoms with Gasteiger partial charge in [0.05, 0.1) is 6.04 Å². The third-order valence-corrected chi connectivity index (χ3v) is 2.33. The molecule has 0 bridgehead atoms. The average Bonchev–Trinajstić information content (AvgIpc) is 2.31. The highest BCUT2D eigenvalue weighted by Crippen LogP contribution is 2.19. The van der Waals surface area contributed by atoms with Gasteiger partial charge in [-0.1, -0.05) is 6.92 Å². The van der Waals surface area contributed by atoms with Crippen molar-refractivity contribution in [1.82, 2.24) is 10.6 Å². The zero-order valence-electron chi connectivity index (χ0n) is 6.46. The topological polar surface area (TPSA) is 50.4 Å². The summed E-state index contributed by atoms with van der Waals surface area (Å²) in [5.74, 6) is 0.424. The molecule has 4 heteroatoms. The first-order valence-electron chi connectivity index (χ1n) is 3.95. The fourth-order valence-corrected chi connectivity index (χ4v) is 1.74. The highest BCUT2D eigenvalue weighted by atomic mass is 16.6. The van der Waals surface area contributed by atoms with E-state index >= 15 is 0 Å². The Morgan fingerprint density at radius 1 is 1.55 bits per heavy atom. The van der Waals surface area contributed by atoms with Crippen LogP contribution in [0, 0.1) is 5.92 Å². The van der Waals surface area contributed by atoms with E-state index in [0.29, 0.717) is 5.92 Å². The maximum absolute atomic E-state index is 10.8. The molecule has 2 fully saturated rings. The van der Waals surface area contributed by atoms with Crippen molar-refractivity contribution in [3.05, 3.63) is 0 Å². The molecule has 3 atom stereocenters. The van der Waals surface area contributed by atoms with E-state index in [0.717, 1.165) is 13.1 Å². The molecule has 62 valence electrons. The Labute approximate surface area is 65.3 Å². The van der Waals surface area contributed by atoms with Gasteiger partial charge in [0.15, 0.2) is 0 Å². The van der Waals surface area contributed by atoms with Crippen LogP contribution in [0.3, 0.4) is 0 Å². The van der Waals surface area contributed by atoms with E-state index in [4.69, 9.17) is 4.74 Å². The smallest absolute Gasteiger partial charge is 0.407 e. The summed E-state index contributed by atoms with van der Waals surface area (Å²) >= 11 is 0. The molecule has 2 aliphatic rings. The first kappa shape index (κ1) is 6.91. The molecule has 4 nitrogen and oxygen atoms in total. The third-order valence-electron chi connectivity index (χ3n) is 2.33. The highest BCUT2D eigenvalue weighted by Gasteiger charge is 2.39. The number of carbonyl (C=O) groups excluding carboxylic acids is 1. The first-order valence-corrected chi connectivity index (χ1v) is 3.95. The van der Waals surface area contributed by atoms with Crippen LogP contribution in [0.25, 0.3) is 0 Å². The lowest BCUT2D eigenvalue weighted by atomic mass is 9.95. The molecule has 0 spiro atoms. The van der Waals surface area contributed by atoms with Crippen LogP contribution in [0.4, 0.5) is 4.79 Å². The second-order valence-electron chi connectivity index (χ2n) is 3.26. The Balaban J connectivity index is 2.09. The molecular weight excluding hydrogens is 144 g/mol. The lowest BCUT2D eigenvalue weighted by molar-refractivity contribution is 0.0831. The maximum Gasteiger partial charge on any atom is 0.407 e. The summed E-state index contributed by atoms with van der Waals surface area (Å²) in [6.07, 6.45) is -0.181. The van der Waals surface area contributed by atoms with Gasteiger partial charge in [0.25, 0.3) is 0 Å². The summed E-state index contributed by atoms with van der Waals surface area (Å²) in [7, 11) is 0. The van der Waals surface area contributed by atoms with Gasteiger partial charge in [0, 0.05) is 19.0 Å². The molecule has 0 aromatic rings. The molecule has 2 rings (SSSR count). The minimum absolute atomic E-state index is 0.0868. The van der Waals surface area contributed by atoms with E-state index in [1.54, 1.807) is 0 Å². The Morgan fingerprint density at radius 3 is 3.09 bits per heavy atom. The number of fused-ring (bicyclic) bond motifs is 1. The lowest BCUT2D eigenvalue weighted by Crippen LogP contribution is -2.51. The number of ether oxygens (including phenoxy) is 1. The van der Waals surface area contributed by atoms with Crippen LogP contribution >= 0.6 is 0 Å². The lowest BCUT2D eigenvalue weighted by Gasteiger charge is -2.28. The van der Waals surface area contributed by atoms with Crippen molar-refractivity contribution >= 4 is 6.09 Å². The second kappa shape index (κ2) is 2.37. The molecule has 3 unspecified atom stereocenters. The number of hydrogen-bond acceptors (Lipinski definition) is 3. The molecule has 2 heterocycles.